The summed E-state index contributed by atoms with van der Waals surface area (Å²) in [6.45, 7) is 0.178. The number of ketones is 1. The number of Topliss-reactive ketones (excluding diaryl/α,β-unsaturated/α-hetero) is 1. The number of anilines is 1. The number of carbonyl (C=O) groups is 2. The van der Waals surface area contributed by atoms with E-state index in [1.807, 2.05) is 0 Å². The van der Waals surface area contributed by atoms with Gasteiger partial charge in [0.05, 0.1) is 17.8 Å². The summed E-state index contributed by atoms with van der Waals surface area (Å²) in [5, 5.41) is 0. The zero-order valence-corrected chi connectivity index (χ0v) is 11.9. The van der Waals surface area contributed by atoms with Crippen molar-refractivity contribution in [3.05, 3.63) is 63.9 Å². The first-order valence-corrected chi connectivity index (χ1v) is 6.76. The molecule has 3 nitrogen and oxygen atoms in total. The molecule has 0 fully saturated rings. The number of rotatable bonds is 2. The smallest absolute Gasteiger partial charge is 0.299 e. The van der Waals surface area contributed by atoms with Gasteiger partial charge in [0.25, 0.3) is 11.7 Å². The molecule has 0 aromatic heterocycles. The molecule has 2 aromatic rings. The maximum absolute atomic E-state index is 13.2. The van der Waals surface area contributed by atoms with E-state index >= 15 is 0 Å². The van der Waals surface area contributed by atoms with Gasteiger partial charge in [-0.3, -0.25) is 9.59 Å². The van der Waals surface area contributed by atoms with E-state index in [9.17, 15) is 14.0 Å². The first-order valence-electron chi connectivity index (χ1n) is 5.96. The third-order valence-electron chi connectivity index (χ3n) is 3.16. The zero-order chi connectivity index (χ0) is 14.3. The minimum atomic E-state index is -0.581. The molecule has 20 heavy (non-hydrogen) atoms. The summed E-state index contributed by atoms with van der Waals surface area (Å²) in [6, 6.07) is 11.1. The molecule has 2 aromatic carbocycles. The predicted molar refractivity (Wildman–Crippen MR) is 76.1 cm³/mol. The summed E-state index contributed by atoms with van der Waals surface area (Å²) in [5.74, 6) is -1.48. The van der Waals surface area contributed by atoms with E-state index < -0.39 is 11.7 Å². The van der Waals surface area contributed by atoms with Gasteiger partial charge in [-0.1, -0.05) is 28.1 Å². The third-order valence-corrected chi connectivity index (χ3v) is 3.66. The minimum Gasteiger partial charge on any atom is -0.300 e. The van der Waals surface area contributed by atoms with Crippen molar-refractivity contribution in [1.29, 1.82) is 0 Å². The van der Waals surface area contributed by atoms with Crippen LogP contribution in [0.1, 0.15) is 15.9 Å². The fraction of sp³-hybridized carbons (Fsp3) is 0.0667. The lowest BCUT2D eigenvalue weighted by atomic mass is 10.1. The lowest BCUT2D eigenvalue weighted by Gasteiger charge is -2.16. The molecular weight excluding hydrogens is 325 g/mol. The van der Waals surface area contributed by atoms with Gasteiger partial charge in [-0.25, -0.2) is 4.39 Å². The van der Waals surface area contributed by atoms with E-state index in [2.05, 4.69) is 15.9 Å². The van der Waals surface area contributed by atoms with Gasteiger partial charge >= 0.3 is 0 Å². The van der Waals surface area contributed by atoms with Crippen LogP contribution in [0, 0.1) is 5.82 Å². The molecule has 1 amide bonds. The number of carbonyl (C=O) groups excluding carboxylic acids is 2. The van der Waals surface area contributed by atoms with Crippen molar-refractivity contribution in [1.82, 2.24) is 0 Å². The zero-order valence-electron chi connectivity index (χ0n) is 10.3. The highest BCUT2D eigenvalue weighted by Crippen LogP contribution is 2.32. The summed E-state index contributed by atoms with van der Waals surface area (Å²) < 4.78 is 13.9. The molecule has 100 valence electrons. The van der Waals surface area contributed by atoms with Gasteiger partial charge < -0.3 is 4.90 Å². The van der Waals surface area contributed by atoms with Crippen molar-refractivity contribution in [3.63, 3.8) is 0 Å². The molecule has 0 saturated heterocycles. The number of hydrogen-bond acceptors (Lipinski definition) is 2. The first-order chi connectivity index (χ1) is 9.56. The third kappa shape index (κ3) is 2.14. The number of fused-ring (bicyclic) bond motifs is 1. The van der Waals surface area contributed by atoms with Crippen molar-refractivity contribution < 1.29 is 14.0 Å². The molecule has 0 atom stereocenters. The van der Waals surface area contributed by atoms with E-state index in [0.29, 0.717) is 16.8 Å². The highest BCUT2D eigenvalue weighted by Gasteiger charge is 2.35. The van der Waals surface area contributed by atoms with E-state index in [4.69, 9.17) is 0 Å². The van der Waals surface area contributed by atoms with Gasteiger partial charge in [-0.15, -0.1) is 0 Å². The average molecular weight is 334 g/mol. The van der Waals surface area contributed by atoms with E-state index in [0.717, 1.165) is 4.47 Å². The maximum atomic E-state index is 13.2. The summed E-state index contributed by atoms with van der Waals surface area (Å²) >= 11 is 3.28. The highest BCUT2D eigenvalue weighted by atomic mass is 79.9. The molecule has 0 saturated carbocycles. The largest absolute Gasteiger partial charge is 0.300 e. The van der Waals surface area contributed by atoms with Gasteiger partial charge in [0.1, 0.15) is 5.82 Å². The Labute approximate surface area is 123 Å². The Bertz CT molecular complexity index is 730. The van der Waals surface area contributed by atoms with Gasteiger partial charge in [0, 0.05) is 4.47 Å². The quantitative estimate of drug-likeness (QED) is 0.790. The van der Waals surface area contributed by atoms with Crippen LogP contribution in [0.4, 0.5) is 10.1 Å². The number of benzene rings is 2. The minimum absolute atomic E-state index is 0.178. The van der Waals surface area contributed by atoms with Crippen molar-refractivity contribution in [3.8, 4) is 0 Å². The molecular formula is C15H9BrFNO2. The summed E-state index contributed by atoms with van der Waals surface area (Å²) in [4.78, 5) is 25.3. The Hall–Kier alpha value is -2.01. The Morgan fingerprint density at radius 3 is 2.65 bits per heavy atom. The molecule has 0 radical (unpaired) electrons. The molecule has 0 spiro atoms. The normalized spacial score (nSPS) is 13.8. The lowest BCUT2D eigenvalue weighted by molar-refractivity contribution is -0.114. The number of amides is 1. The standard InChI is InChI=1S/C15H9BrFNO2/c16-10-4-5-13-12(7-10)14(19)15(20)18(13)8-9-2-1-3-11(17)6-9/h1-7H,8H2. The maximum Gasteiger partial charge on any atom is 0.299 e. The first kappa shape index (κ1) is 13.0. The molecule has 0 N–H and O–H groups in total. The van der Waals surface area contributed by atoms with Gasteiger partial charge in [0.15, 0.2) is 0 Å². The van der Waals surface area contributed by atoms with Crippen LogP contribution in [0.15, 0.2) is 46.9 Å². The van der Waals surface area contributed by atoms with Crippen LogP contribution in [-0.4, -0.2) is 11.7 Å². The van der Waals surface area contributed by atoms with E-state index in [-0.39, 0.29) is 12.4 Å². The van der Waals surface area contributed by atoms with Gasteiger partial charge in [-0.2, -0.15) is 0 Å². The Balaban J connectivity index is 1.99. The molecule has 5 heteroatoms. The van der Waals surface area contributed by atoms with Crippen LogP contribution in [0.3, 0.4) is 0 Å². The van der Waals surface area contributed by atoms with Crippen molar-refractivity contribution >= 4 is 33.3 Å². The second kappa shape index (κ2) is 4.83. The average Bonchev–Trinajstić information content (AvgIpc) is 2.64. The van der Waals surface area contributed by atoms with Crippen LogP contribution in [0.5, 0.6) is 0 Å². The fourth-order valence-electron chi connectivity index (χ4n) is 2.25. The monoisotopic (exact) mass is 333 g/mol. The van der Waals surface area contributed by atoms with Crippen molar-refractivity contribution in [2.45, 2.75) is 6.54 Å². The predicted octanol–water partition coefficient (Wildman–Crippen LogP) is 3.32. The summed E-state index contributed by atoms with van der Waals surface area (Å²) in [6.07, 6.45) is 0. The van der Waals surface area contributed by atoms with E-state index in [1.54, 1.807) is 30.3 Å². The van der Waals surface area contributed by atoms with Crippen LogP contribution in [-0.2, 0) is 11.3 Å². The number of halogens is 2. The number of nitrogens with zero attached hydrogens (tertiary/aromatic N) is 1. The molecule has 0 bridgehead atoms. The highest BCUT2D eigenvalue weighted by molar-refractivity contribution is 9.10. The SMILES string of the molecule is O=C1C(=O)N(Cc2cccc(F)c2)c2ccc(Br)cc21. The van der Waals surface area contributed by atoms with Crippen molar-refractivity contribution in [2.75, 3.05) is 4.90 Å². The van der Waals surface area contributed by atoms with E-state index in [1.165, 1.54) is 17.0 Å². The molecule has 1 aliphatic rings. The second-order valence-electron chi connectivity index (χ2n) is 4.51. The van der Waals surface area contributed by atoms with Gasteiger partial charge in [0.2, 0.25) is 0 Å². The van der Waals surface area contributed by atoms with Crippen LogP contribution >= 0.6 is 15.9 Å². The number of hydrogen-bond donors (Lipinski definition) is 0. The molecule has 1 aliphatic heterocycles. The molecule has 0 aliphatic carbocycles. The topological polar surface area (TPSA) is 37.4 Å². The van der Waals surface area contributed by atoms with Crippen LogP contribution in [0.2, 0.25) is 0 Å². The fourth-order valence-corrected chi connectivity index (χ4v) is 2.61. The Morgan fingerprint density at radius 1 is 1.10 bits per heavy atom. The Kier molecular flexibility index (Phi) is 3.14. The second-order valence-corrected chi connectivity index (χ2v) is 5.43. The molecule has 0 unspecified atom stereocenters. The van der Waals surface area contributed by atoms with Crippen molar-refractivity contribution in [2.24, 2.45) is 0 Å². The summed E-state index contributed by atoms with van der Waals surface area (Å²) in [5.41, 5.74) is 1.58. The lowest BCUT2D eigenvalue weighted by Crippen LogP contribution is -2.29. The molecule has 1 heterocycles. The van der Waals surface area contributed by atoms with Crippen LogP contribution in [0.25, 0.3) is 0 Å². The summed E-state index contributed by atoms with van der Waals surface area (Å²) in [7, 11) is 0. The van der Waals surface area contributed by atoms with Gasteiger partial charge in [-0.05, 0) is 35.9 Å². The molecule has 3 rings (SSSR count). The Morgan fingerprint density at radius 2 is 1.90 bits per heavy atom. The van der Waals surface area contributed by atoms with Crippen LogP contribution < -0.4 is 4.90 Å².